The molecular formula is C17H17N3O2. The number of rotatable bonds is 3. The fraction of sp³-hybridized carbons (Fsp3) is 0.235. The highest BCUT2D eigenvalue weighted by atomic mass is 16.2. The zero-order valence-corrected chi connectivity index (χ0v) is 12.3. The van der Waals surface area contributed by atoms with Crippen LogP contribution in [0.15, 0.2) is 54.7 Å². The third-order valence-electron chi connectivity index (χ3n) is 3.98. The van der Waals surface area contributed by atoms with Gasteiger partial charge in [-0.2, -0.15) is 0 Å². The molecule has 1 saturated heterocycles. The summed E-state index contributed by atoms with van der Waals surface area (Å²) in [7, 11) is 1.74. The van der Waals surface area contributed by atoms with Crippen LogP contribution < -0.4 is 5.32 Å². The molecule has 0 bridgehead atoms. The number of likely N-dealkylation sites (tertiary alicyclic amines) is 1. The van der Waals surface area contributed by atoms with Gasteiger partial charge >= 0.3 is 0 Å². The number of amides is 2. The van der Waals surface area contributed by atoms with E-state index in [4.69, 9.17) is 0 Å². The van der Waals surface area contributed by atoms with Crippen molar-refractivity contribution in [3.8, 4) is 0 Å². The molecule has 5 nitrogen and oxygen atoms in total. The van der Waals surface area contributed by atoms with Gasteiger partial charge in [0, 0.05) is 19.7 Å². The van der Waals surface area contributed by atoms with E-state index in [1.165, 1.54) is 0 Å². The summed E-state index contributed by atoms with van der Waals surface area (Å²) in [5.41, 5.74) is 0.969. The van der Waals surface area contributed by atoms with Crippen molar-refractivity contribution in [1.82, 2.24) is 9.88 Å². The lowest BCUT2D eigenvalue weighted by atomic mass is 9.93. The van der Waals surface area contributed by atoms with Crippen LogP contribution in [-0.2, 0) is 9.59 Å². The maximum atomic E-state index is 12.6. The molecule has 5 heteroatoms. The number of hydrogen-bond donors (Lipinski definition) is 1. The van der Waals surface area contributed by atoms with Crippen LogP contribution in [0.2, 0.25) is 0 Å². The fourth-order valence-electron chi connectivity index (χ4n) is 2.87. The Balaban J connectivity index is 1.84. The number of benzene rings is 1. The molecule has 2 amide bonds. The molecule has 1 aromatic carbocycles. The first kappa shape index (κ1) is 14.3. The first-order valence-corrected chi connectivity index (χ1v) is 7.19. The van der Waals surface area contributed by atoms with Gasteiger partial charge in [0.25, 0.3) is 0 Å². The Morgan fingerprint density at radius 1 is 1.18 bits per heavy atom. The molecule has 22 heavy (non-hydrogen) atoms. The van der Waals surface area contributed by atoms with Crippen LogP contribution >= 0.6 is 0 Å². The molecule has 2 aromatic rings. The predicted octanol–water partition coefficient (Wildman–Crippen LogP) is 2.24. The van der Waals surface area contributed by atoms with Crippen molar-refractivity contribution in [3.63, 3.8) is 0 Å². The average Bonchev–Trinajstić information content (AvgIpc) is 2.85. The van der Waals surface area contributed by atoms with Crippen molar-refractivity contribution in [1.29, 1.82) is 0 Å². The Hall–Kier alpha value is -2.69. The van der Waals surface area contributed by atoms with E-state index in [0.29, 0.717) is 5.82 Å². The summed E-state index contributed by atoms with van der Waals surface area (Å²) in [4.78, 5) is 30.4. The summed E-state index contributed by atoms with van der Waals surface area (Å²) in [6.07, 6.45) is 1.84. The Labute approximate surface area is 129 Å². The number of nitrogens with one attached hydrogen (secondary N) is 1. The van der Waals surface area contributed by atoms with E-state index >= 15 is 0 Å². The minimum absolute atomic E-state index is 0.0185. The molecule has 2 heterocycles. The van der Waals surface area contributed by atoms with E-state index in [-0.39, 0.29) is 24.3 Å². The first-order valence-electron chi connectivity index (χ1n) is 7.19. The Morgan fingerprint density at radius 3 is 2.59 bits per heavy atom. The third kappa shape index (κ3) is 2.70. The maximum absolute atomic E-state index is 12.6. The van der Waals surface area contributed by atoms with Gasteiger partial charge in [-0.15, -0.1) is 0 Å². The number of carbonyl (C=O) groups is 2. The largest absolute Gasteiger partial charge is 0.338 e. The zero-order valence-electron chi connectivity index (χ0n) is 12.3. The molecule has 0 unspecified atom stereocenters. The van der Waals surface area contributed by atoms with E-state index < -0.39 is 5.92 Å². The highest BCUT2D eigenvalue weighted by Gasteiger charge is 2.42. The van der Waals surface area contributed by atoms with Gasteiger partial charge in [-0.05, 0) is 17.7 Å². The molecule has 1 aromatic heterocycles. The van der Waals surface area contributed by atoms with Crippen LogP contribution in [-0.4, -0.2) is 28.7 Å². The Kier molecular flexibility index (Phi) is 3.87. The van der Waals surface area contributed by atoms with Crippen molar-refractivity contribution in [2.45, 2.75) is 12.5 Å². The molecule has 1 fully saturated rings. The van der Waals surface area contributed by atoms with Crippen molar-refractivity contribution >= 4 is 17.6 Å². The van der Waals surface area contributed by atoms with Gasteiger partial charge in [-0.1, -0.05) is 36.4 Å². The second kappa shape index (κ2) is 5.97. The minimum Gasteiger partial charge on any atom is -0.338 e. The maximum Gasteiger partial charge on any atom is 0.231 e. The second-order valence-corrected chi connectivity index (χ2v) is 5.38. The number of carbonyl (C=O) groups excluding carboxylic acids is 2. The van der Waals surface area contributed by atoms with Gasteiger partial charge in [-0.25, -0.2) is 4.98 Å². The van der Waals surface area contributed by atoms with Crippen LogP contribution in [0.25, 0.3) is 0 Å². The number of pyridine rings is 1. The highest BCUT2D eigenvalue weighted by molar-refractivity contribution is 5.97. The first-order chi connectivity index (χ1) is 10.7. The number of anilines is 1. The molecule has 112 valence electrons. The smallest absolute Gasteiger partial charge is 0.231 e. The molecule has 2 atom stereocenters. The highest BCUT2D eigenvalue weighted by Crippen LogP contribution is 2.37. The summed E-state index contributed by atoms with van der Waals surface area (Å²) in [6.45, 7) is 0. The molecule has 0 radical (unpaired) electrons. The monoisotopic (exact) mass is 295 g/mol. The number of hydrogen-bond acceptors (Lipinski definition) is 3. The summed E-state index contributed by atoms with van der Waals surface area (Å²) in [5.74, 6) is -0.108. The van der Waals surface area contributed by atoms with E-state index in [2.05, 4.69) is 10.3 Å². The lowest BCUT2D eigenvalue weighted by Gasteiger charge is -2.24. The Bertz CT molecular complexity index is 673. The summed E-state index contributed by atoms with van der Waals surface area (Å²) in [5, 5.41) is 2.80. The van der Waals surface area contributed by atoms with Crippen molar-refractivity contribution < 1.29 is 9.59 Å². The van der Waals surface area contributed by atoms with E-state index in [0.717, 1.165) is 5.56 Å². The lowest BCUT2D eigenvalue weighted by Crippen LogP contribution is -2.30. The zero-order chi connectivity index (χ0) is 15.5. The van der Waals surface area contributed by atoms with Crippen molar-refractivity contribution in [3.05, 3.63) is 60.3 Å². The van der Waals surface area contributed by atoms with Crippen LogP contribution in [0.5, 0.6) is 0 Å². The normalized spacial score (nSPS) is 21.0. The van der Waals surface area contributed by atoms with Gasteiger partial charge in [-0.3, -0.25) is 9.59 Å². The SMILES string of the molecule is CN1C(=O)C[C@H](C(=O)Nc2ccccn2)[C@@H]1c1ccccc1. The molecule has 1 N–H and O–H groups in total. The Morgan fingerprint density at radius 2 is 1.91 bits per heavy atom. The van der Waals surface area contributed by atoms with Crippen molar-refractivity contribution in [2.75, 3.05) is 12.4 Å². The number of nitrogens with zero attached hydrogens (tertiary/aromatic N) is 2. The van der Waals surface area contributed by atoms with E-state index in [1.54, 1.807) is 30.3 Å². The molecule has 0 saturated carbocycles. The summed E-state index contributed by atoms with van der Waals surface area (Å²) < 4.78 is 0. The molecule has 1 aliphatic heterocycles. The molecule has 1 aliphatic rings. The van der Waals surface area contributed by atoms with E-state index in [9.17, 15) is 9.59 Å². The lowest BCUT2D eigenvalue weighted by molar-refractivity contribution is -0.127. The molecule has 3 rings (SSSR count). The van der Waals surface area contributed by atoms with Crippen LogP contribution in [0, 0.1) is 5.92 Å². The summed E-state index contributed by atoms with van der Waals surface area (Å²) >= 11 is 0. The fourth-order valence-corrected chi connectivity index (χ4v) is 2.87. The van der Waals surface area contributed by atoms with Crippen LogP contribution in [0.3, 0.4) is 0 Å². The standard InChI is InChI=1S/C17H17N3O2/c1-20-15(21)11-13(16(20)12-7-3-2-4-8-12)17(22)19-14-9-5-6-10-18-14/h2-10,13,16H,11H2,1H3,(H,18,19,22)/t13-,16-/m0/s1. The van der Waals surface area contributed by atoms with Gasteiger partial charge in [0.2, 0.25) is 11.8 Å². The summed E-state index contributed by atoms with van der Waals surface area (Å²) in [6, 6.07) is 14.7. The second-order valence-electron chi connectivity index (χ2n) is 5.38. The molecule has 0 aliphatic carbocycles. The quantitative estimate of drug-likeness (QED) is 0.944. The van der Waals surface area contributed by atoms with Gasteiger partial charge in [0.05, 0.1) is 12.0 Å². The minimum atomic E-state index is -0.415. The molecule has 0 spiro atoms. The van der Waals surface area contributed by atoms with Crippen LogP contribution in [0.4, 0.5) is 5.82 Å². The van der Waals surface area contributed by atoms with Crippen molar-refractivity contribution in [2.24, 2.45) is 5.92 Å². The average molecular weight is 295 g/mol. The van der Waals surface area contributed by atoms with Gasteiger partial charge in [0.1, 0.15) is 5.82 Å². The van der Waals surface area contributed by atoms with Gasteiger partial charge in [0.15, 0.2) is 0 Å². The topological polar surface area (TPSA) is 62.3 Å². The number of aromatic nitrogens is 1. The third-order valence-corrected chi connectivity index (χ3v) is 3.98. The molecular weight excluding hydrogens is 278 g/mol. The van der Waals surface area contributed by atoms with Crippen LogP contribution in [0.1, 0.15) is 18.0 Å². The van der Waals surface area contributed by atoms with Gasteiger partial charge < -0.3 is 10.2 Å². The predicted molar refractivity (Wildman–Crippen MR) is 82.9 cm³/mol. The van der Waals surface area contributed by atoms with E-state index in [1.807, 2.05) is 36.4 Å².